The van der Waals surface area contributed by atoms with Crippen molar-refractivity contribution < 1.29 is 9.53 Å². The molecule has 0 saturated carbocycles. The number of carbonyl (C=O) groups is 1. The molecule has 1 aliphatic rings. The summed E-state index contributed by atoms with van der Waals surface area (Å²) in [5.41, 5.74) is 0.615. The average Bonchev–Trinajstić information content (AvgIpc) is 2.16. The fourth-order valence-electron chi connectivity index (χ4n) is 1.45. The van der Waals surface area contributed by atoms with Crippen molar-refractivity contribution in [3.8, 4) is 5.75 Å². The van der Waals surface area contributed by atoms with Gasteiger partial charge in [-0.05, 0) is 34.5 Å². The highest BCUT2D eigenvalue weighted by Crippen LogP contribution is 2.39. The molecule has 0 fully saturated rings. The van der Waals surface area contributed by atoms with Crippen LogP contribution in [0.2, 0.25) is 5.02 Å². The summed E-state index contributed by atoms with van der Waals surface area (Å²) in [5.74, 6) is 0.519. The lowest BCUT2D eigenvalue weighted by atomic mass is 10.2. The number of carbonyl (C=O) groups excluding carboxylic acids is 1. The highest BCUT2D eigenvalue weighted by atomic mass is 79.9. The number of amides is 1. The summed E-state index contributed by atoms with van der Waals surface area (Å²) < 4.78 is 6.31. The molecular formula is C10H9BrClNO2. The molecule has 15 heavy (non-hydrogen) atoms. The summed E-state index contributed by atoms with van der Waals surface area (Å²) in [6.07, 6.45) is 0.218. The van der Waals surface area contributed by atoms with Gasteiger partial charge in [0.25, 0.3) is 5.91 Å². The minimum absolute atomic E-state index is 0.126. The van der Waals surface area contributed by atoms with E-state index < -0.39 is 6.10 Å². The first-order valence-electron chi connectivity index (χ1n) is 4.58. The quantitative estimate of drug-likeness (QED) is 0.862. The number of anilines is 1. The Hall–Kier alpha value is -0.740. The molecule has 1 unspecified atom stereocenters. The molecule has 0 spiro atoms. The Morgan fingerprint density at radius 3 is 3.00 bits per heavy atom. The Balaban J connectivity index is 2.45. The molecule has 1 aliphatic heterocycles. The fraction of sp³-hybridized carbons (Fsp3) is 0.300. The molecule has 1 atom stereocenters. The van der Waals surface area contributed by atoms with E-state index in [1.807, 2.05) is 6.92 Å². The van der Waals surface area contributed by atoms with Crippen LogP contribution in [0.25, 0.3) is 0 Å². The molecule has 1 amide bonds. The molecule has 80 valence electrons. The predicted molar refractivity (Wildman–Crippen MR) is 62.5 cm³/mol. The monoisotopic (exact) mass is 289 g/mol. The number of fused-ring (bicyclic) bond motifs is 1. The van der Waals surface area contributed by atoms with E-state index in [0.29, 0.717) is 22.9 Å². The molecule has 1 aromatic rings. The SMILES string of the molecule is CCC1Oc2c(Br)cc(Cl)cc2NC1=O. The van der Waals surface area contributed by atoms with Crippen molar-refractivity contribution in [3.05, 3.63) is 21.6 Å². The smallest absolute Gasteiger partial charge is 0.265 e. The van der Waals surface area contributed by atoms with Crippen molar-refractivity contribution >= 4 is 39.1 Å². The molecule has 0 bridgehead atoms. The van der Waals surface area contributed by atoms with Crippen LogP contribution >= 0.6 is 27.5 Å². The van der Waals surface area contributed by atoms with Crippen LogP contribution in [0.1, 0.15) is 13.3 Å². The van der Waals surface area contributed by atoms with E-state index in [0.717, 1.165) is 4.47 Å². The molecule has 1 aromatic carbocycles. The summed E-state index contributed by atoms with van der Waals surface area (Å²) in [4.78, 5) is 11.5. The van der Waals surface area contributed by atoms with Gasteiger partial charge in [0.15, 0.2) is 11.9 Å². The second kappa shape index (κ2) is 4.02. The van der Waals surface area contributed by atoms with Crippen LogP contribution in [0, 0.1) is 0 Å². The zero-order valence-electron chi connectivity index (χ0n) is 8.01. The topological polar surface area (TPSA) is 38.3 Å². The molecular weight excluding hydrogens is 281 g/mol. The van der Waals surface area contributed by atoms with Gasteiger partial charge in [-0.3, -0.25) is 4.79 Å². The van der Waals surface area contributed by atoms with Crippen molar-refractivity contribution in [2.75, 3.05) is 5.32 Å². The Morgan fingerprint density at radius 1 is 1.60 bits per heavy atom. The number of nitrogens with one attached hydrogen (secondary N) is 1. The number of benzene rings is 1. The largest absolute Gasteiger partial charge is 0.477 e. The number of rotatable bonds is 1. The van der Waals surface area contributed by atoms with Gasteiger partial charge in [0.05, 0.1) is 10.2 Å². The van der Waals surface area contributed by atoms with Crippen LogP contribution in [0.4, 0.5) is 5.69 Å². The Bertz CT molecular complexity index is 422. The minimum atomic E-state index is -0.421. The van der Waals surface area contributed by atoms with Gasteiger partial charge in [0, 0.05) is 5.02 Å². The van der Waals surface area contributed by atoms with Crippen LogP contribution < -0.4 is 10.1 Å². The number of hydrogen-bond acceptors (Lipinski definition) is 2. The van der Waals surface area contributed by atoms with Gasteiger partial charge in [-0.2, -0.15) is 0 Å². The number of halogens is 2. The lowest BCUT2D eigenvalue weighted by Gasteiger charge is -2.26. The van der Waals surface area contributed by atoms with E-state index in [9.17, 15) is 4.79 Å². The van der Waals surface area contributed by atoms with Crippen molar-refractivity contribution in [1.29, 1.82) is 0 Å². The summed E-state index contributed by atoms with van der Waals surface area (Å²) in [6.45, 7) is 1.90. The molecule has 0 aliphatic carbocycles. The number of ether oxygens (including phenoxy) is 1. The van der Waals surface area contributed by atoms with Gasteiger partial charge in [-0.25, -0.2) is 0 Å². The minimum Gasteiger partial charge on any atom is -0.477 e. The Labute approximate surface area is 101 Å². The van der Waals surface area contributed by atoms with Crippen LogP contribution in [-0.4, -0.2) is 12.0 Å². The first kappa shape index (κ1) is 10.8. The maximum atomic E-state index is 11.5. The lowest BCUT2D eigenvalue weighted by molar-refractivity contribution is -0.123. The van der Waals surface area contributed by atoms with E-state index in [-0.39, 0.29) is 5.91 Å². The maximum absolute atomic E-state index is 11.5. The van der Waals surface area contributed by atoms with Crippen molar-refractivity contribution in [2.45, 2.75) is 19.4 Å². The van der Waals surface area contributed by atoms with Crippen molar-refractivity contribution in [3.63, 3.8) is 0 Å². The van der Waals surface area contributed by atoms with Crippen LogP contribution in [0.3, 0.4) is 0 Å². The maximum Gasteiger partial charge on any atom is 0.265 e. The zero-order valence-corrected chi connectivity index (χ0v) is 10.4. The van der Waals surface area contributed by atoms with Gasteiger partial charge < -0.3 is 10.1 Å². The fourth-order valence-corrected chi connectivity index (χ4v) is 2.35. The van der Waals surface area contributed by atoms with E-state index >= 15 is 0 Å². The van der Waals surface area contributed by atoms with E-state index in [2.05, 4.69) is 21.2 Å². The van der Waals surface area contributed by atoms with Crippen LogP contribution in [-0.2, 0) is 4.79 Å². The summed E-state index contributed by atoms with van der Waals surface area (Å²) in [6, 6.07) is 3.41. The van der Waals surface area contributed by atoms with Gasteiger partial charge in [0.1, 0.15) is 0 Å². The highest BCUT2D eigenvalue weighted by Gasteiger charge is 2.27. The zero-order chi connectivity index (χ0) is 11.0. The van der Waals surface area contributed by atoms with E-state index in [1.165, 1.54) is 0 Å². The van der Waals surface area contributed by atoms with Gasteiger partial charge in [0.2, 0.25) is 0 Å². The standard InChI is InChI=1S/C10H9BrClNO2/c1-2-8-10(14)13-7-4-5(12)3-6(11)9(7)15-8/h3-4,8H,2H2,1H3,(H,13,14). The third kappa shape index (κ3) is 1.96. The van der Waals surface area contributed by atoms with E-state index in [4.69, 9.17) is 16.3 Å². The summed E-state index contributed by atoms with van der Waals surface area (Å²) in [5, 5.41) is 3.32. The molecule has 0 radical (unpaired) electrons. The van der Waals surface area contributed by atoms with Gasteiger partial charge in [-0.1, -0.05) is 18.5 Å². The third-order valence-electron chi connectivity index (χ3n) is 2.19. The normalized spacial score (nSPS) is 19.1. The second-order valence-corrected chi connectivity index (χ2v) is 4.56. The number of hydrogen-bond donors (Lipinski definition) is 1. The molecule has 5 heteroatoms. The van der Waals surface area contributed by atoms with Gasteiger partial charge >= 0.3 is 0 Å². The highest BCUT2D eigenvalue weighted by molar-refractivity contribution is 9.10. The van der Waals surface area contributed by atoms with E-state index in [1.54, 1.807) is 12.1 Å². The molecule has 0 saturated heterocycles. The predicted octanol–water partition coefficient (Wildman–Crippen LogP) is 3.21. The summed E-state index contributed by atoms with van der Waals surface area (Å²) >= 11 is 9.21. The lowest BCUT2D eigenvalue weighted by Crippen LogP contribution is -2.36. The Kier molecular flexibility index (Phi) is 2.89. The Morgan fingerprint density at radius 2 is 2.33 bits per heavy atom. The first-order chi connectivity index (χ1) is 7.11. The van der Waals surface area contributed by atoms with Crippen molar-refractivity contribution in [2.24, 2.45) is 0 Å². The molecule has 1 N–H and O–H groups in total. The average molecular weight is 291 g/mol. The van der Waals surface area contributed by atoms with Gasteiger partial charge in [-0.15, -0.1) is 0 Å². The molecule has 3 nitrogen and oxygen atoms in total. The molecule has 0 aromatic heterocycles. The second-order valence-electron chi connectivity index (χ2n) is 3.27. The first-order valence-corrected chi connectivity index (χ1v) is 5.75. The van der Waals surface area contributed by atoms with Crippen molar-refractivity contribution in [1.82, 2.24) is 0 Å². The van der Waals surface area contributed by atoms with Crippen LogP contribution in [0.15, 0.2) is 16.6 Å². The summed E-state index contributed by atoms with van der Waals surface area (Å²) in [7, 11) is 0. The van der Waals surface area contributed by atoms with Crippen LogP contribution in [0.5, 0.6) is 5.75 Å². The molecule has 1 heterocycles. The molecule has 2 rings (SSSR count). The third-order valence-corrected chi connectivity index (χ3v) is 3.00.